The zero-order chi connectivity index (χ0) is 14.3. The van der Waals surface area contributed by atoms with Crippen LogP contribution < -0.4 is 5.73 Å². The monoisotopic (exact) mass is 273 g/mol. The number of aliphatic hydroxyl groups excluding tert-OH is 1. The number of hydrogen-bond donors (Lipinski definition) is 3. The van der Waals surface area contributed by atoms with Crippen LogP contribution in [-0.4, -0.2) is 60.0 Å². The van der Waals surface area contributed by atoms with Crippen molar-refractivity contribution < 1.29 is 15.1 Å². The number of piperidine rings is 1. The minimum absolute atomic E-state index is 0.0914. The molecule has 1 rings (SSSR count). The summed E-state index contributed by atoms with van der Waals surface area (Å²) in [4.78, 5) is 2.38. The van der Waals surface area contributed by atoms with Crippen molar-refractivity contribution >= 4 is 5.84 Å². The Hall–Kier alpha value is -0.850. The molecule has 0 bridgehead atoms. The highest BCUT2D eigenvalue weighted by Gasteiger charge is 2.26. The topological polar surface area (TPSA) is 91.3 Å². The Balaban J connectivity index is 2.26. The maximum absolute atomic E-state index is 8.74. The molecule has 1 aliphatic heterocycles. The number of likely N-dealkylation sites (tertiary alicyclic amines) is 1. The Kier molecular flexibility index (Phi) is 6.54. The van der Waals surface area contributed by atoms with Crippen LogP contribution in [0, 0.1) is 5.41 Å². The van der Waals surface area contributed by atoms with Crippen LogP contribution in [0.2, 0.25) is 0 Å². The SMILES string of the molecule is CC(C)(CCN1CCC(OCCO)CC1)C(N)=NO. The first-order valence-corrected chi connectivity index (χ1v) is 6.92. The summed E-state index contributed by atoms with van der Waals surface area (Å²) in [7, 11) is 0. The van der Waals surface area contributed by atoms with Crippen molar-refractivity contribution in [3.05, 3.63) is 0 Å². The molecule has 0 aliphatic carbocycles. The number of hydrogen-bond acceptors (Lipinski definition) is 5. The van der Waals surface area contributed by atoms with E-state index >= 15 is 0 Å². The lowest BCUT2D eigenvalue weighted by atomic mass is 9.87. The average molecular weight is 273 g/mol. The van der Waals surface area contributed by atoms with Crippen molar-refractivity contribution in [3.8, 4) is 0 Å². The second kappa shape index (κ2) is 7.67. The molecule has 6 heteroatoms. The molecule has 1 heterocycles. The van der Waals surface area contributed by atoms with Crippen LogP contribution in [0.25, 0.3) is 0 Å². The molecule has 0 aromatic heterocycles. The molecule has 1 saturated heterocycles. The summed E-state index contributed by atoms with van der Waals surface area (Å²) in [6.07, 6.45) is 3.15. The predicted octanol–water partition coefficient (Wildman–Crippen LogP) is 0.622. The van der Waals surface area contributed by atoms with E-state index in [9.17, 15) is 0 Å². The van der Waals surface area contributed by atoms with Gasteiger partial charge in [0.05, 0.1) is 19.3 Å². The van der Waals surface area contributed by atoms with Gasteiger partial charge in [-0.1, -0.05) is 19.0 Å². The van der Waals surface area contributed by atoms with E-state index in [1.165, 1.54) is 0 Å². The Bertz CT molecular complexity index is 287. The first-order chi connectivity index (χ1) is 8.99. The Morgan fingerprint density at radius 2 is 2.05 bits per heavy atom. The molecule has 0 atom stereocenters. The number of rotatable bonds is 7. The highest BCUT2D eigenvalue weighted by molar-refractivity contribution is 5.85. The largest absolute Gasteiger partial charge is 0.409 e. The lowest BCUT2D eigenvalue weighted by Crippen LogP contribution is -2.41. The van der Waals surface area contributed by atoms with Crippen molar-refractivity contribution in [2.45, 2.75) is 39.2 Å². The van der Waals surface area contributed by atoms with Crippen molar-refractivity contribution in [3.63, 3.8) is 0 Å². The van der Waals surface area contributed by atoms with Crippen LogP contribution in [0.4, 0.5) is 0 Å². The summed E-state index contributed by atoms with van der Waals surface area (Å²) in [6.45, 7) is 7.44. The van der Waals surface area contributed by atoms with Gasteiger partial charge in [-0.2, -0.15) is 0 Å². The maximum Gasteiger partial charge on any atom is 0.144 e. The van der Waals surface area contributed by atoms with E-state index < -0.39 is 0 Å². The van der Waals surface area contributed by atoms with Gasteiger partial charge in [0.2, 0.25) is 0 Å². The molecule has 0 unspecified atom stereocenters. The third kappa shape index (κ3) is 5.34. The highest BCUT2D eigenvalue weighted by atomic mass is 16.5. The fourth-order valence-electron chi connectivity index (χ4n) is 2.22. The van der Waals surface area contributed by atoms with E-state index in [4.69, 9.17) is 20.8 Å². The van der Waals surface area contributed by atoms with E-state index in [1.807, 2.05) is 13.8 Å². The van der Waals surface area contributed by atoms with Gasteiger partial charge in [-0.25, -0.2) is 0 Å². The van der Waals surface area contributed by atoms with Gasteiger partial charge in [-0.05, 0) is 25.8 Å². The molecular formula is C13H27N3O3. The molecule has 0 radical (unpaired) electrons. The highest BCUT2D eigenvalue weighted by Crippen LogP contribution is 2.22. The van der Waals surface area contributed by atoms with Gasteiger partial charge >= 0.3 is 0 Å². The van der Waals surface area contributed by atoms with E-state index in [0.29, 0.717) is 6.61 Å². The summed E-state index contributed by atoms with van der Waals surface area (Å²) >= 11 is 0. The fraction of sp³-hybridized carbons (Fsp3) is 0.923. The van der Waals surface area contributed by atoms with Crippen LogP contribution in [0.5, 0.6) is 0 Å². The number of oxime groups is 1. The molecule has 0 aromatic carbocycles. The fourth-order valence-corrected chi connectivity index (χ4v) is 2.22. The van der Waals surface area contributed by atoms with Gasteiger partial charge in [-0.15, -0.1) is 0 Å². The second-order valence-electron chi connectivity index (χ2n) is 5.75. The molecule has 6 nitrogen and oxygen atoms in total. The van der Waals surface area contributed by atoms with E-state index in [2.05, 4.69) is 10.1 Å². The Morgan fingerprint density at radius 3 is 2.58 bits per heavy atom. The lowest BCUT2D eigenvalue weighted by Gasteiger charge is -2.34. The van der Waals surface area contributed by atoms with Crippen LogP contribution in [0.15, 0.2) is 5.16 Å². The molecule has 112 valence electrons. The predicted molar refractivity (Wildman–Crippen MR) is 74.3 cm³/mol. The number of nitrogens with two attached hydrogens (primary N) is 1. The molecule has 0 amide bonds. The van der Waals surface area contributed by atoms with Crippen molar-refractivity contribution in [1.82, 2.24) is 4.90 Å². The molecule has 1 fully saturated rings. The Morgan fingerprint density at radius 1 is 1.42 bits per heavy atom. The third-order valence-electron chi connectivity index (χ3n) is 3.83. The summed E-state index contributed by atoms with van der Waals surface area (Å²) in [5.41, 5.74) is 5.40. The van der Waals surface area contributed by atoms with Gasteiger partial charge in [0, 0.05) is 18.5 Å². The van der Waals surface area contributed by atoms with Crippen LogP contribution in [0.3, 0.4) is 0 Å². The van der Waals surface area contributed by atoms with Crippen molar-refractivity contribution in [1.29, 1.82) is 0 Å². The van der Waals surface area contributed by atoms with Crippen molar-refractivity contribution in [2.24, 2.45) is 16.3 Å². The normalized spacial score (nSPS) is 19.8. The van der Waals surface area contributed by atoms with Crippen LogP contribution >= 0.6 is 0 Å². The quantitative estimate of drug-likeness (QED) is 0.274. The van der Waals surface area contributed by atoms with Crippen molar-refractivity contribution in [2.75, 3.05) is 32.8 Å². The third-order valence-corrected chi connectivity index (χ3v) is 3.83. The first kappa shape index (κ1) is 16.2. The maximum atomic E-state index is 8.74. The molecule has 0 aromatic rings. The van der Waals surface area contributed by atoms with Crippen LogP contribution in [-0.2, 0) is 4.74 Å². The molecule has 19 heavy (non-hydrogen) atoms. The molecular weight excluding hydrogens is 246 g/mol. The molecule has 0 spiro atoms. The minimum atomic E-state index is -0.279. The summed E-state index contributed by atoms with van der Waals surface area (Å²) in [5.74, 6) is 0.286. The lowest BCUT2D eigenvalue weighted by molar-refractivity contribution is -0.00857. The van der Waals surface area contributed by atoms with Gasteiger partial charge in [0.25, 0.3) is 0 Å². The number of nitrogens with zero attached hydrogens (tertiary/aromatic N) is 2. The van der Waals surface area contributed by atoms with E-state index in [-0.39, 0.29) is 24.0 Å². The summed E-state index contributed by atoms with van der Waals surface area (Å²) in [5, 5.41) is 20.6. The zero-order valence-electron chi connectivity index (χ0n) is 12.0. The molecule has 1 aliphatic rings. The van der Waals surface area contributed by atoms with E-state index in [1.54, 1.807) is 0 Å². The average Bonchev–Trinajstić information content (AvgIpc) is 2.43. The van der Waals surface area contributed by atoms with Gasteiger partial charge in [0.1, 0.15) is 5.84 Å². The number of aliphatic hydroxyl groups is 1. The van der Waals surface area contributed by atoms with Gasteiger partial charge in [-0.3, -0.25) is 0 Å². The Labute approximate surface area is 115 Å². The summed E-state index contributed by atoms with van der Waals surface area (Å²) < 4.78 is 5.53. The first-order valence-electron chi connectivity index (χ1n) is 6.92. The second-order valence-corrected chi connectivity index (χ2v) is 5.75. The standard InChI is InChI=1S/C13H27N3O3/c1-13(2,12(14)15-18)5-8-16-6-3-11(4-7-16)19-10-9-17/h11,17-18H,3-10H2,1-2H3,(H2,14,15). The van der Waals surface area contributed by atoms with Gasteiger partial charge in [0.15, 0.2) is 0 Å². The molecule has 4 N–H and O–H groups in total. The van der Waals surface area contributed by atoms with E-state index in [0.717, 1.165) is 38.9 Å². The van der Waals surface area contributed by atoms with Crippen LogP contribution in [0.1, 0.15) is 33.1 Å². The molecule has 0 saturated carbocycles. The smallest absolute Gasteiger partial charge is 0.144 e. The zero-order valence-corrected chi connectivity index (χ0v) is 12.0. The van der Waals surface area contributed by atoms with Gasteiger partial charge < -0.3 is 25.7 Å². The number of amidine groups is 1. The minimum Gasteiger partial charge on any atom is -0.409 e. The summed E-state index contributed by atoms with van der Waals surface area (Å²) in [6, 6.07) is 0. The number of ether oxygens (including phenoxy) is 1.